The number of rotatable bonds is 4. The minimum atomic E-state index is -0.0803. The fourth-order valence-corrected chi connectivity index (χ4v) is 3.16. The maximum atomic E-state index is 12.6. The van der Waals surface area contributed by atoms with E-state index in [9.17, 15) is 4.79 Å². The van der Waals surface area contributed by atoms with Crippen molar-refractivity contribution in [2.24, 2.45) is 0 Å². The predicted octanol–water partition coefficient (Wildman–Crippen LogP) is 2.43. The lowest BCUT2D eigenvalue weighted by Crippen LogP contribution is -2.37. The minimum absolute atomic E-state index is 0.0803. The molecule has 3 rings (SSSR count). The fourth-order valence-electron chi connectivity index (χ4n) is 2.70. The number of nitrogens with one attached hydrogen (secondary N) is 1. The van der Waals surface area contributed by atoms with Gasteiger partial charge in [0.15, 0.2) is 4.77 Å². The number of fused-ring (bicyclic) bond motifs is 1. The van der Waals surface area contributed by atoms with Crippen LogP contribution in [0.5, 0.6) is 0 Å². The van der Waals surface area contributed by atoms with Gasteiger partial charge in [0, 0.05) is 31.2 Å². The van der Waals surface area contributed by atoms with E-state index in [4.69, 9.17) is 28.6 Å². The van der Waals surface area contributed by atoms with E-state index >= 15 is 0 Å². The summed E-state index contributed by atoms with van der Waals surface area (Å²) in [6.45, 7) is 5.03. The Morgan fingerprint density at radius 3 is 2.82 bits per heavy atom. The Balaban J connectivity index is 1.78. The third kappa shape index (κ3) is 3.41. The van der Waals surface area contributed by atoms with Gasteiger partial charge in [-0.15, -0.1) is 0 Å². The van der Waals surface area contributed by atoms with Gasteiger partial charge in [-0.05, 0) is 36.8 Å². The number of aromatic nitrogens is 2. The molecule has 1 saturated heterocycles. The third-order valence-corrected chi connectivity index (χ3v) is 4.46. The van der Waals surface area contributed by atoms with Gasteiger partial charge in [0.2, 0.25) is 0 Å². The number of nitrogens with zero attached hydrogens (tertiary/aromatic N) is 2. The van der Waals surface area contributed by atoms with Crippen molar-refractivity contribution in [2.75, 3.05) is 32.8 Å². The van der Waals surface area contributed by atoms with E-state index in [2.05, 4.69) is 9.88 Å². The Kier molecular flexibility index (Phi) is 4.93. The third-order valence-electron chi connectivity index (χ3n) is 3.90. The second kappa shape index (κ2) is 6.91. The van der Waals surface area contributed by atoms with Crippen LogP contribution in [0.1, 0.15) is 6.42 Å². The molecule has 0 bridgehead atoms. The molecule has 5 nitrogen and oxygen atoms in total. The zero-order chi connectivity index (χ0) is 15.5. The Morgan fingerprint density at radius 2 is 2.05 bits per heavy atom. The highest BCUT2D eigenvalue weighted by molar-refractivity contribution is 7.71. The number of halogens is 1. The number of benzene rings is 1. The molecule has 2 aromatic rings. The normalized spacial score (nSPS) is 16.2. The average Bonchev–Trinajstić information content (AvgIpc) is 2.52. The molecule has 1 fully saturated rings. The molecule has 1 aromatic heterocycles. The molecule has 7 heteroatoms. The molecule has 1 aliphatic heterocycles. The first-order valence-corrected chi connectivity index (χ1v) is 8.16. The summed E-state index contributed by atoms with van der Waals surface area (Å²) in [6.07, 6.45) is 0.878. The first-order valence-electron chi connectivity index (χ1n) is 7.37. The van der Waals surface area contributed by atoms with Crippen LogP contribution in [0.3, 0.4) is 0 Å². The zero-order valence-corrected chi connectivity index (χ0v) is 13.8. The molecule has 0 atom stereocenters. The van der Waals surface area contributed by atoms with Crippen molar-refractivity contribution in [1.29, 1.82) is 0 Å². The van der Waals surface area contributed by atoms with E-state index in [1.807, 2.05) is 0 Å². The molecule has 2 heterocycles. The van der Waals surface area contributed by atoms with Crippen LogP contribution in [0.25, 0.3) is 10.9 Å². The standard InChI is InChI=1S/C15H18ClN3O2S/c16-11-2-3-13-12(10-11)14(20)19(15(22)17-13)5-1-4-18-6-8-21-9-7-18/h2-3,10H,1,4-9H2,(H,17,22). The molecule has 1 aliphatic rings. The second-order valence-corrected chi connectivity index (χ2v) is 6.21. The second-order valence-electron chi connectivity index (χ2n) is 5.38. The molecule has 0 aliphatic carbocycles. The summed E-state index contributed by atoms with van der Waals surface area (Å²) >= 11 is 11.3. The van der Waals surface area contributed by atoms with Crippen molar-refractivity contribution in [1.82, 2.24) is 14.5 Å². The molecular formula is C15H18ClN3O2S. The minimum Gasteiger partial charge on any atom is -0.379 e. The molecule has 0 amide bonds. The molecule has 1 aromatic carbocycles. The van der Waals surface area contributed by atoms with Gasteiger partial charge in [-0.1, -0.05) is 11.6 Å². The van der Waals surface area contributed by atoms with Crippen LogP contribution in [-0.2, 0) is 11.3 Å². The number of hydrogen-bond acceptors (Lipinski definition) is 4. The Hall–Kier alpha value is -1.21. The van der Waals surface area contributed by atoms with E-state index in [0.29, 0.717) is 21.7 Å². The van der Waals surface area contributed by atoms with E-state index < -0.39 is 0 Å². The molecule has 118 valence electrons. The SMILES string of the molecule is O=c1c2cc(Cl)ccc2[nH]c(=S)n1CCCN1CCOCC1. The van der Waals surface area contributed by atoms with Crippen LogP contribution in [0.4, 0.5) is 0 Å². The van der Waals surface area contributed by atoms with Gasteiger partial charge in [-0.3, -0.25) is 14.3 Å². The molecule has 0 spiro atoms. The summed E-state index contributed by atoms with van der Waals surface area (Å²) in [6, 6.07) is 5.22. The van der Waals surface area contributed by atoms with Gasteiger partial charge >= 0.3 is 0 Å². The Bertz CT molecular complexity index is 780. The summed E-state index contributed by atoms with van der Waals surface area (Å²) in [5.74, 6) is 0. The van der Waals surface area contributed by atoms with Crippen molar-refractivity contribution in [3.05, 3.63) is 38.3 Å². The summed E-state index contributed by atoms with van der Waals surface area (Å²) in [5, 5.41) is 1.13. The molecular weight excluding hydrogens is 322 g/mol. The van der Waals surface area contributed by atoms with Crippen molar-refractivity contribution < 1.29 is 4.74 Å². The van der Waals surface area contributed by atoms with Gasteiger partial charge in [0.1, 0.15) is 0 Å². The van der Waals surface area contributed by atoms with Crippen molar-refractivity contribution in [2.45, 2.75) is 13.0 Å². The van der Waals surface area contributed by atoms with Crippen LogP contribution in [0.2, 0.25) is 5.02 Å². The van der Waals surface area contributed by atoms with Crippen LogP contribution < -0.4 is 5.56 Å². The topological polar surface area (TPSA) is 50.3 Å². The monoisotopic (exact) mass is 339 g/mol. The predicted molar refractivity (Wildman–Crippen MR) is 90.3 cm³/mol. The maximum absolute atomic E-state index is 12.6. The first kappa shape index (κ1) is 15.7. The molecule has 0 radical (unpaired) electrons. The van der Waals surface area contributed by atoms with E-state index in [-0.39, 0.29) is 5.56 Å². The number of morpholine rings is 1. The van der Waals surface area contributed by atoms with E-state index in [0.717, 1.165) is 44.8 Å². The highest BCUT2D eigenvalue weighted by Crippen LogP contribution is 2.14. The number of aromatic amines is 1. The van der Waals surface area contributed by atoms with Gasteiger partial charge in [-0.2, -0.15) is 0 Å². The average molecular weight is 340 g/mol. The summed E-state index contributed by atoms with van der Waals surface area (Å²) in [7, 11) is 0. The van der Waals surface area contributed by atoms with Crippen molar-refractivity contribution >= 4 is 34.7 Å². The number of ether oxygens (including phenoxy) is 1. The van der Waals surface area contributed by atoms with Gasteiger partial charge in [0.05, 0.1) is 24.1 Å². The lowest BCUT2D eigenvalue weighted by atomic mass is 10.2. The van der Waals surface area contributed by atoms with Crippen LogP contribution >= 0.6 is 23.8 Å². The van der Waals surface area contributed by atoms with Crippen LogP contribution in [-0.4, -0.2) is 47.3 Å². The lowest BCUT2D eigenvalue weighted by Gasteiger charge is -2.26. The summed E-state index contributed by atoms with van der Waals surface area (Å²) in [4.78, 5) is 18.0. The summed E-state index contributed by atoms with van der Waals surface area (Å²) in [5.41, 5.74) is 0.645. The Labute approximate surface area is 138 Å². The highest BCUT2D eigenvalue weighted by atomic mass is 35.5. The zero-order valence-electron chi connectivity index (χ0n) is 12.2. The quantitative estimate of drug-likeness (QED) is 0.869. The smallest absolute Gasteiger partial charge is 0.262 e. The Morgan fingerprint density at radius 1 is 1.27 bits per heavy atom. The van der Waals surface area contributed by atoms with Crippen LogP contribution in [0, 0.1) is 4.77 Å². The van der Waals surface area contributed by atoms with Crippen molar-refractivity contribution in [3.63, 3.8) is 0 Å². The first-order chi connectivity index (χ1) is 10.6. The largest absolute Gasteiger partial charge is 0.379 e. The van der Waals surface area contributed by atoms with Gasteiger partial charge < -0.3 is 9.72 Å². The van der Waals surface area contributed by atoms with E-state index in [1.54, 1.807) is 22.8 Å². The number of hydrogen-bond donors (Lipinski definition) is 1. The van der Waals surface area contributed by atoms with Gasteiger partial charge in [-0.25, -0.2) is 0 Å². The lowest BCUT2D eigenvalue weighted by molar-refractivity contribution is 0.0369. The van der Waals surface area contributed by atoms with Gasteiger partial charge in [0.25, 0.3) is 5.56 Å². The fraction of sp³-hybridized carbons (Fsp3) is 0.467. The molecule has 0 saturated carbocycles. The molecule has 1 N–H and O–H groups in total. The number of H-pyrrole nitrogens is 1. The highest BCUT2D eigenvalue weighted by Gasteiger charge is 2.11. The molecule has 0 unspecified atom stereocenters. The van der Waals surface area contributed by atoms with E-state index in [1.165, 1.54) is 0 Å². The maximum Gasteiger partial charge on any atom is 0.262 e. The van der Waals surface area contributed by atoms with Crippen LogP contribution in [0.15, 0.2) is 23.0 Å². The molecule has 22 heavy (non-hydrogen) atoms. The summed E-state index contributed by atoms with van der Waals surface area (Å²) < 4.78 is 7.41. The van der Waals surface area contributed by atoms with Crippen molar-refractivity contribution in [3.8, 4) is 0 Å².